The Kier molecular flexibility index (Phi) is 5.91. The van der Waals surface area contributed by atoms with Crippen LogP contribution in [0.1, 0.15) is 31.2 Å². The van der Waals surface area contributed by atoms with Crippen molar-refractivity contribution >= 4 is 15.8 Å². The van der Waals surface area contributed by atoms with Crippen molar-refractivity contribution in [2.45, 2.75) is 43.8 Å². The van der Waals surface area contributed by atoms with Gasteiger partial charge in [0.1, 0.15) is 0 Å². The third kappa shape index (κ3) is 4.54. The summed E-state index contributed by atoms with van der Waals surface area (Å²) in [5.41, 5.74) is 1.85. The summed E-state index contributed by atoms with van der Waals surface area (Å²) in [5.74, 6) is -0.407. The van der Waals surface area contributed by atoms with Crippen molar-refractivity contribution in [2.24, 2.45) is 0 Å². The van der Waals surface area contributed by atoms with Crippen LogP contribution in [0.25, 0.3) is 11.5 Å². The lowest BCUT2D eigenvalue weighted by Crippen LogP contribution is -2.39. The van der Waals surface area contributed by atoms with Crippen molar-refractivity contribution in [3.05, 3.63) is 35.7 Å². The normalized spacial score (nSPS) is 16.8. The fraction of sp³-hybridized carbons (Fsp3) is 0.500. The van der Waals surface area contributed by atoms with Crippen LogP contribution in [0.5, 0.6) is 0 Å². The Hall–Kier alpha value is -2.26. The molecule has 0 saturated carbocycles. The van der Waals surface area contributed by atoms with Crippen LogP contribution in [0.2, 0.25) is 0 Å². The molecule has 1 unspecified atom stereocenters. The predicted octanol–water partition coefficient (Wildman–Crippen LogP) is 2.07. The van der Waals surface area contributed by atoms with E-state index < -0.39 is 26.3 Å². The number of rotatable bonds is 6. The summed E-state index contributed by atoms with van der Waals surface area (Å²) < 4.78 is 40.8. The highest BCUT2D eigenvalue weighted by Gasteiger charge is 2.37. The van der Waals surface area contributed by atoms with Gasteiger partial charge in [-0.05, 0) is 38.8 Å². The molecule has 146 valence electrons. The van der Waals surface area contributed by atoms with Crippen molar-refractivity contribution < 1.29 is 27.1 Å². The van der Waals surface area contributed by atoms with Gasteiger partial charge in [-0.15, -0.1) is 10.2 Å². The number of carbonyl (C=O) groups excluding carboxylic acids is 1. The summed E-state index contributed by atoms with van der Waals surface area (Å²) in [7, 11) is -3.63. The zero-order valence-electron chi connectivity index (χ0n) is 15.3. The van der Waals surface area contributed by atoms with Crippen LogP contribution in [0.3, 0.4) is 0 Å². The molecular formula is C18H22N2O6S. The Morgan fingerprint density at radius 2 is 1.89 bits per heavy atom. The van der Waals surface area contributed by atoms with Gasteiger partial charge in [-0.25, -0.2) is 8.42 Å². The molecule has 0 spiro atoms. The molecule has 1 aliphatic rings. The molecule has 0 radical (unpaired) electrons. The van der Waals surface area contributed by atoms with Gasteiger partial charge in [-0.3, -0.25) is 4.79 Å². The van der Waals surface area contributed by atoms with E-state index in [0.29, 0.717) is 31.9 Å². The van der Waals surface area contributed by atoms with Gasteiger partial charge in [0.05, 0.1) is 5.25 Å². The van der Waals surface area contributed by atoms with E-state index in [4.69, 9.17) is 13.9 Å². The van der Waals surface area contributed by atoms with Crippen LogP contribution in [0.15, 0.2) is 28.7 Å². The van der Waals surface area contributed by atoms with Gasteiger partial charge in [0.15, 0.2) is 21.7 Å². The molecule has 27 heavy (non-hydrogen) atoms. The molecule has 9 heteroatoms. The van der Waals surface area contributed by atoms with E-state index in [9.17, 15) is 13.2 Å². The first kappa shape index (κ1) is 19.5. The van der Waals surface area contributed by atoms with Crippen LogP contribution in [0.4, 0.5) is 0 Å². The number of nitrogens with zero attached hydrogens (tertiary/aromatic N) is 2. The first-order chi connectivity index (χ1) is 12.9. The van der Waals surface area contributed by atoms with Crippen molar-refractivity contribution in [1.82, 2.24) is 10.2 Å². The largest absolute Gasteiger partial charge is 0.455 e. The van der Waals surface area contributed by atoms with Crippen molar-refractivity contribution in [3.8, 4) is 11.5 Å². The maximum atomic E-state index is 12.5. The molecule has 1 aliphatic heterocycles. The van der Waals surface area contributed by atoms with Gasteiger partial charge in [0, 0.05) is 18.8 Å². The van der Waals surface area contributed by atoms with Crippen LogP contribution < -0.4 is 0 Å². The van der Waals surface area contributed by atoms with Gasteiger partial charge in [0.25, 0.3) is 5.89 Å². The second-order valence-electron chi connectivity index (χ2n) is 6.52. The molecule has 0 amide bonds. The Balaban J connectivity index is 1.59. The average molecular weight is 394 g/mol. The van der Waals surface area contributed by atoms with E-state index in [1.807, 2.05) is 31.2 Å². The molecule has 8 nitrogen and oxygen atoms in total. The third-order valence-corrected chi connectivity index (χ3v) is 7.14. The van der Waals surface area contributed by atoms with E-state index in [1.54, 1.807) is 0 Å². The highest BCUT2D eigenvalue weighted by Crippen LogP contribution is 2.22. The highest BCUT2D eigenvalue weighted by molar-refractivity contribution is 7.93. The summed E-state index contributed by atoms with van der Waals surface area (Å²) >= 11 is 0. The summed E-state index contributed by atoms with van der Waals surface area (Å²) in [5, 5.41) is 5.93. The molecule has 1 aromatic carbocycles. The molecule has 1 fully saturated rings. The van der Waals surface area contributed by atoms with E-state index in [-0.39, 0.29) is 12.5 Å². The Labute approximate surface area is 157 Å². The first-order valence-electron chi connectivity index (χ1n) is 8.74. The van der Waals surface area contributed by atoms with E-state index in [1.165, 1.54) is 6.92 Å². The number of ether oxygens (including phenoxy) is 2. The van der Waals surface area contributed by atoms with Crippen LogP contribution in [-0.2, 0) is 30.7 Å². The van der Waals surface area contributed by atoms with Gasteiger partial charge in [-0.2, -0.15) is 0 Å². The number of esters is 1. The summed E-state index contributed by atoms with van der Waals surface area (Å²) in [6.07, 6.45) is 0.785. The number of sulfone groups is 1. The predicted molar refractivity (Wildman–Crippen MR) is 96.5 cm³/mol. The second-order valence-corrected chi connectivity index (χ2v) is 9.07. The minimum absolute atomic E-state index is 0.106. The number of carbonyl (C=O) groups is 1. The van der Waals surface area contributed by atoms with Gasteiger partial charge in [-0.1, -0.05) is 17.7 Å². The number of aryl methyl sites for hydroxylation is 1. The zero-order valence-corrected chi connectivity index (χ0v) is 16.1. The smallest absolute Gasteiger partial charge is 0.324 e. The first-order valence-corrected chi connectivity index (χ1v) is 10.4. The van der Waals surface area contributed by atoms with Gasteiger partial charge < -0.3 is 13.9 Å². The summed E-state index contributed by atoms with van der Waals surface area (Å²) in [4.78, 5) is 12.2. The summed E-state index contributed by atoms with van der Waals surface area (Å²) in [6, 6.07) is 7.53. The molecule has 1 saturated heterocycles. The Bertz CT molecular complexity index is 885. The van der Waals surface area contributed by atoms with Gasteiger partial charge >= 0.3 is 5.97 Å². The van der Waals surface area contributed by atoms with Crippen LogP contribution in [-0.4, -0.2) is 48.3 Å². The maximum Gasteiger partial charge on any atom is 0.324 e. The SMILES string of the molecule is Cc1ccc(-c2nnc(COC(=O)C(C)S(=O)(=O)C3CCOCC3)o2)cc1. The maximum absolute atomic E-state index is 12.5. The quantitative estimate of drug-likeness (QED) is 0.685. The van der Waals surface area contributed by atoms with Crippen molar-refractivity contribution in [1.29, 1.82) is 0 Å². The molecule has 2 heterocycles. The van der Waals surface area contributed by atoms with Crippen molar-refractivity contribution in [2.75, 3.05) is 13.2 Å². The molecule has 1 aromatic heterocycles. The lowest BCUT2D eigenvalue weighted by atomic mass is 10.1. The van der Waals surface area contributed by atoms with Gasteiger partial charge in [0.2, 0.25) is 5.89 Å². The number of aromatic nitrogens is 2. The Morgan fingerprint density at radius 1 is 1.22 bits per heavy atom. The number of hydrogen-bond donors (Lipinski definition) is 0. The standard InChI is InChI=1S/C18H22N2O6S/c1-12-3-5-14(6-4-12)17-20-19-16(26-17)11-25-18(21)13(2)27(22,23)15-7-9-24-10-8-15/h3-6,13,15H,7-11H2,1-2H3. The average Bonchev–Trinajstić information content (AvgIpc) is 3.15. The Morgan fingerprint density at radius 3 is 2.56 bits per heavy atom. The van der Waals surface area contributed by atoms with E-state index in [0.717, 1.165) is 11.1 Å². The molecule has 0 bridgehead atoms. The third-order valence-electron chi connectivity index (χ3n) is 4.56. The van der Waals surface area contributed by atoms with Crippen molar-refractivity contribution in [3.63, 3.8) is 0 Å². The summed E-state index contributed by atoms with van der Waals surface area (Å²) in [6.45, 7) is 3.81. The lowest BCUT2D eigenvalue weighted by Gasteiger charge is -2.24. The van der Waals surface area contributed by atoms with Crippen LogP contribution in [0, 0.1) is 6.92 Å². The van der Waals surface area contributed by atoms with Crippen LogP contribution >= 0.6 is 0 Å². The number of benzene rings is 1. The lowest BCUT2D eigenvalue weighted by molar-refractivity contribution is -0.144. The fourth-order valence-corrected chi connectivity index (χ4v) is 4.57. The molecular weight excluding hydrogens is 372 g/mol. The second kappa shape index (κ2) is 8.18. The molecule has 0 aliphatic carbocycles. The molecule has 3 rings (SSSR count). The minimum atomic E-state index is -3.63. The molecule has 2 aromatic rings. The topological polar surface area (TPSA) is 109 Å². The fourth-order valence-electron chi connectivity index (χ4n) is 2.80. The van der Waals surface area contributed by atoms with E-state index >= 15 is 0 Å². The minimum Gasteiger partial charge on any atom is -0.455 e. The molecule has 0 N–H and O–H groups in total. The zero-order chi connectivity index (χ0) is 19.4. The van der Waals surface area contributed by atoms with E-state index in [2.05, 4.69) is 10.2 Å². The monoisotopic (exact) mass is 394 g/mol. The molecule has 1 atom stereocenters. The number of hydrogen-bond acceptors (Lipinski definition) is 8. The highest BCUT2D eigenvalue weighted by atomic mass is 32.2.